The van der Waals surface area contributed by atoms with E-state index < -0.39 is 84.3 Å². The summed E-state index contributed by atoms with van der Waals surface area (Å²) in [5, 5.41) is 2.75. The smallest absolute Gasteiger partial charge is 0.267 e. The number of alkyl halides is 11. The van der Waals surface area contributed by atoms with Crippen molar-refractivity contribution >= 4 is 10.1 Å². The summed E-state index contributed by atoms with van der Waals surface area (Å²) in [7, 11) is -1.45. The minimum absolute atomic E-state index is 1.88. The van der Waals surface area contributed by atoms with Crippen molar-refractivity contribution in [2.75, 3.05) is 26.5 Å². The third kappa shape index (κ3) is 10.4. The van der Waals surface area contributed by atoms with E-state index in [1.807, 2.05) is 14.1 Å². The van der Waals surface area contributed by atoms with Crippen LogP contribution in [-0.2, 0) is 10.1 Å². The van der Waals surface area contributed by atoms with Crippen molar-refractivity contribution in [3.05, 3.63) is 0 Å². The van der Waals surface area contributed by atoms with Crippen LogP contribution in [0, 0.1) is 0 Å². The van der Waals surface area contributed by atoms with E-state index in [0.29, 0.717) is 0 Å². The van der Waals surface area contributed by atoms with E-state index in [0.717, 1.165) is 0 Å². The fraction of sp³-hybridized carbons (Fsp3) is 1.00. The number of rotatable bonds is 12. The van der Waals surface area contributed by atoms with Gasteiger partial charge in [0, 0.05) is 0 Å². The third-order valence-electron chi connectivity index (χ3n) is 3.34. The van der Waals surface area contributed by atoms with Crippen molar-refractivity contribution in [1.82, 2.24) is 5.32 Å². The minimum atomic E-state index is -5.20. The van der Waals surface area contributed by atoms with Gasteiger partial charge in [-0.15, -0.1) is 0 Å². The molecular formula is C14H22F11NO3S. The van der Waals surface area contributed by atoms with Gasteiger partial charge in [-0.1, -0.05) is 0 Å². The van der Waals surface area contributed by atoms with Crippen LogP contribution in [-0.4, -0.2) is 101 Å². The molecule has 2 N–H and O–H groups in total. The second-order valence-corrected chi connectivity index (χ2v) is 7.49. The predicted molar refractivity (Wildman–Crippen MR) is 86.3 cm³/mol. The molecule has 4 nitrogen and oxygen atoms in total. The van der Waals surface area contributed by atoms with Gasteiger partial charge in [0.1, 0.15) is 12.4 Å². The molecule has 0 aliphatic rings. The molecule has 0 saturated carbocycles. The molecule has 0 spiro atoms. The van der Waals surface area contributed by atoms with Gasteiger partial charge in [0.15, 0.2) is 61.7 Å². The molecule has 0 bridgehead atoms. The zero-order chi connectivity index (χ0) is 24.4. The van der Waals surface area contributed by atoms with Gasteiger partial charge in [-0.2, -0.15) is 8.42 Å². The maximum atomic E-state index is 13.4. The van der Waals surface area contributed by atoms with Crippen molar-refractivity contribution in [3.63, 3.8) is 0 Å². The Labute approximate surface area is 165 Å². The van der Waals surface area contributed by atoms with E-state index in [1.54, 1.807) is 0 Å². The first-order valence-electron chi connectivity index (χ1n) is 8.07. The highest BCUT2D eigenvalue weighted by molar-refractivity contribution is 7.85. The van der Waals surface area contributed by atoms with E-state index in [4.69, 9.17) is 4.55 Å². The van der Waals surface area contributed by atoms with Crippen molar-refractivity contribution in [1.29, 1.82) is 0 Å². The quantitative estimate of drug-likeness (QED) is 0.324. The first-order valence-corrected chi connectivity index (χ1v) is 9.68. The lowest BCUT2D eigenvalue weighted by molar-refractivity contribution is -0.0607. The van der Waals surface area contributed by atoms with E-state index >= 15 is 0 Å². The molecule has 0 aromatic rings. The van der Waals surface area contributed by atoms with Gasteiger partial charge in [-0.25, -0.2) is 48.3 Å². The topological polar surface area (TPSA) is 66.4 Å². The molecule has 0 heterocycles. The monoisotopic (exact) mass is 493 g/mol. The first kappa shape index (κ1) is 31.3. The fourth-order valence-electron chi connectivity index (χ4n) is 1.83. The number of nitrogens with one attached hydrogen (secondary N) is 1. The number of hydrogen-bond acceptors (Lipinski definition) is 3. The standard InChI is InChI=1S/C12H15F11O3S.C2H7N/c13-1-3(14)5(16)7(18)9(20)11(22)12(23)10(21)8(19)6(17)4(15)2-27(24,25)26;1-3-2/h3-12H,1-2H2,(H,24,25,26);3H,1-2H3. The zero-order valence-electron chi connectivity index (χ0n) is 15.5. The van der Waals surface area contributed by atoms with Gasteiger partial charge in [0.05, 0.1) is 0 Å². The van der Waals surface area contributed by atoms with Crippen LogP contribution in [0.1, 0.15) is 0 Å². The molecule has 0 rings (SSSR count). The van der Waals surface area contributed by atoms with Crippen molar-refractivity contribution in [3.8, 4) is 0 Å². The number of hydrogen-bond donors (Lipinski definition) is 2. The molecule has 0 amide bonds. The normalized spacial score (nSPS) is 22.3. The van der Waals surface area contributed by atoms with E-state index in [-0.39, 0.29) is 0 Å². The Hall–Kier alpha value is -0.900. The van der Waals surface area contributed by atoms with Crippen LogP contribution in [0.15, 0.2) is 0 Å². The summed E-state index contributed by atoms with van der Waals surface area (Å²) >= 11 is 0. The summed E-state index contributed by atoms with van der Waals surface area (Å²) in [6, 6.07) is 0. The summed E-state index contributed by atoms with van der Waals surface area (Å²) in [6.07, 6.45) is -37.9. The zero-order valence-corrected chi connectivity index (χ0v) is 16.3. The maximum Gasteiger partial charge on any atom is 0.267 e. The van der Waals surface area contributed by atoms with Gasteiger partial charge in [-0.3, -0.25) is 4.55 Å². The Morgan fingerprint density at radius 1 is 0.633 bits per heavy atom. The Bertz CT molecular complexity index is 561. The van der Waals surface area contributed by atoms with Crippen LogP contribution in [0.4, 0.5) is 48.3 Å². The second-order valence-electron chi connectivity index (χ2n) is 5.99. The van der Waals surface area contributed by atoms with E-state index in [1.165, 1.54) is 0 Å². The van der Waals surface area contributed by atoms with Gasteiger partial charge in [0.2, 0.25) is 0 Å². The summed E-state index contributed by atoms with van der Waals surface area (Å²) in [6.45, 7) is -2.15. The lowest BCUT2D eigenvalue weighted by Gasteiger charge is -2.27. The Kier molecular flexibility index (Phi) is 14.8. The molecule has 0 saturated heterocycles. The molecule has 0 aromatic heterocycles. The molecule has 30 heavy (non-hydrogen) atoms. The SMILES string of the molecule is CNC.O=S(=O)(O)CC(F)C(F)C(F)C(F)C(F)C(F)C(F)C(F)C(F)C(F)CF. The highest BCUT2D eigenvalue weighted by Gasteiger charge is 2.49. The molecule has 0 aromatic carbocycles. The van der Waals surface area contributed by atoms with Crippen LogP contribution in [0.5, 0.6) is 0 Å². The molecule has 16 heteroatoms. The largest absolute Gasteiger partial charge is 0.323 e. The summed E-state index contributed by atoms with van der Waals surface area (Å²) in [4.78, 5) is 0. The molecule has 10 unspecified atom stereocenters. The average Bonchev–Trinajstić information content (AvgIpc) is 2.67. The fourth-order valence-corrected chi connectivity index (χ4v) is 2.42. The van der Waals surface area contributed by atoms with Crippen molar-refractivity contribution in [2.45, 2.75) is 61.7 Å². The van der Waals surface area contributed by atoms with E-state index in [9.17, 15) is 56.7 Å². The maximum absolute atomic E-state index is 13.4. The Morgan fingerprint density at radius 3 is 1.10 bits per heavy atom. The lowest BCUT2D eigenvalue weighted by Crippen LogP contribution is -2.49. The van der Waals surface area contributed by atoms with Crippen molar-refractivity contribution in [2.24, 2.45) is 0 Å². The molecule has 184 valence electrons. The molecular weight excluding hydrogens is 471 g/mol. The molecule has 0 fully saturated rings. The Balaban J connectivity index is 0. The summed E-state index contributed by atoms with van der Waals surface area (Å²) in [5.41, 5.74) is 0. The van der Waals surface area contributed by atoms with Crippen LogP contribution >= 0.6 is 0 Å². The molecule has 0 aliphatic heterocycles. The number of halogens is 11. The van der Waals surface area contributed by atoms with E-state index in [2.05, 4.69) is 5.32 Å². The highest BCUT2D eigenvalue weighted by Crippen LogP contribution is 2.29. The second kappa shape index (κ2) is 14.2. The Morgan fingerprint density at radius 2 is 0.867 bits per heavy atom. The minimum Gasteiger partial charge on any atom is -0.323 e. The summed E-state index contributed by atoms with van der Waals surface area (Å²) < 4.78 is 173. The van der Waals surface area contributed by atoms with Gasteiger partial charge < -0.3 is 5.32 Å². The van der Waals surface area contributed by atoms with Gasteiger partial charge in [0.25, 0.3) is 10.1 Å². The van der Waals surface area contributed by atoms with Crippen LogP contribution in [0.3, 0.4) is 0 Å². The molecule has 0 aliphatic carbocycles. The molecule has 10 atom stereocenters. The first-order chi connectivity index (χ1) is 13.6. The third-order valence-corrected chi connectivity index (χ3v) is 4.08. The van der Waals surface area contributed by atoms with Crippen LogP contribution < -0.4 is 5.32 Å². The lowest BCUT2D eigenvalue weighted by atomic mass is 9.96. The molecule has 0 radical (unpaired) electrons. The highest BCUT2D eigenvalue weighted by atomic mass is 32.2. The van der Waals surface area contributed by atoms with Gasteiger partial charge >= 0.3 is 0 Å². The van der Waals surface area contributed by atoms with Crippen LogP contribution in [0.2, 0.25) is 0 Å². The summed E-state index contributed by atoms with van der Waals surface area (Å²) in [5.74, 6) is -2.07. The van der Waals surface area contributed by atoms with Gasteiger partial charge in [-0.05, 0) is 14.1 Å². The van der Waals surface area contributed by atoms with Crippen molar-refractivity contribution < 1.29 is 61.3 Å². The van der Waals surface area contributed by atoms with Crippen LogP contribution in [0.25, 0.3) is 0 Å². The average molecular weight is 493 g/mol. The predicted octanol–water partition coefficient (Wildman–Crippen LogP) is 3.06.